The molecule has 0 bridgehead atoms. The van der Waals surface area contributed by atoms with E-state index in [0.717, 1.165) is 29.2 Å². The maximum absolute atomic E-state index is 13.1. The molecule has 3 heteroatoms. The lowest BCUT2D eigenvalue weighted by molar-refractivity contribution is 0.0658. The minimum absolute atomic E-state index is 0.198. The van der Waals surface area contributed by atoms with Gasteiger partial charge in [-0.05, 0) is 38.4 Å². The van der Waals surface area contributed by atoms with Crippen molar-refractivity contribution < 1.29 is 4.79 Å². The Hall–Kier alpha value is -1.74. The Bertz CT molecular complexity index is 610. The van der Waals surface area contributed by atoms with E-state index < -0.39 is 5.54 Å². The summed E-state index contributed by atoms with van der Waals surface area (Å²) in [5.41, 5.74) is 0.361. The van der Waals surface area contributed by atoms with Crippen molar-refractivity contribution in [3.63, 3.8) is 0 Å². The molecule has 0 unspecified atom stereocenters. The van der Waals surface area contributed by atoms with Crippen molar-refractivity contribution >= 4 is 16.6 Å². The second-order valence-corrected chi connectivity index (χ2v) is 5.36. The van der Waals surface area contributed by atoms with Crippen LogP contribution in [0, 0.1) is 0 Å². The number of benzene rings is 1. The molecule has 20 heavy (non-hydrogen) atoms. The third-order valence-corrected chi connectivity index (χ3v) is 4.37. The summed E-state index contributed by atoms with van der Waals surface area (Å²) in [5, 5.41) is 2.00. The molecule has 0 aliphatic heterocycles. The number of pyridine rings is 1. The molecule has 2 aromatic rings. The molecule has 1 heterocycles. The molecule has 0 amide bonds. The van der Waals surface area contributed by atoms with Crippen LogP contribution >= 0.6 is 0 Å². The Kier molecular flexibility index (Phi) is 4.19. The van der Waals surface area contributed by atoms with Gasteiger partial charge in [0, 0.05) is 23.3 Å². The molecule has 0 aliphatic carbocycles. The normalized spacial score (nSPS) is 12.1. The van der Waals surface area contributed by atoms with E-state index in [0.29, 0.717) is 0 Å². The Labute approximate surface area is 120 Å². The SMILES string of the molecule is CCC(CC)(C(=O)c1cccc2cnccc12)N(C)C. The predicted molar refractivity (Wildman–Crippen MR) is 83.1 cm³/mol. The summed E-state index contributed by atoms with van der Waals surface area (Å²) in [4.78, 5) is 19.3. The van der Waals surface area contributed by atoms with E-state index in [1.807, 2.05) is 38.4 Å². The highest BCUT2D eigenvalue weighted by Crippen LogP contribution is 2.29. The second kappa shape index (κ2) is 5.71. The fourth-order valence-corrected chi connectivity index (χ4v) is 2.98. The lowest BCUT2D eigenvalue weighted by Crippen LogP contribution is -2.50. The lowest BCUT2D eigenvalue weighted by atomic mass is 9.82. The fraction of sp³-hybridized carbons (Fsp3) is 0.412. The molecular formula is C17H22N2O. The van der Waals surface area contributed by atoms with Gasteiger partial charge in [-0.3, -0.25) is 14.7 Å². The molecule has 0 aliphatic rings. The van der Waals surface area contributed by atoms with Gasteiger partial charge < -0.3 is 0 Å². The highest BCUT2D eigenvalue weighted by Gasteiger charge is 2.38. The number of Topliss-reactive ketones (excluding diaryl/α,β-unsaturated/α-hetero) is 1. The standard InChI is InChI=1S/C17H22N2O/c1-5-17(6-2,19(3)4)16(20)15-9-7-8-13-12-18-11-10-14(13)15/h7-12H,5-6H2,1-4H3. The summed E-state index contributed by atoms with van der Waals surface area (Å²) in [6.07, 6.45) is 5.16. The van der Waals surface area contributed by atoms with Crippen molar-refractivity contribution in [1.82, 2.24) is 9.88 Å². The van der Waals surface area contributed by atoms with Crippen LogP contribution in [0.25, 0.3) is 10.8 Å². The second-order valence-electron chi connectivity index (χ2n) is 5.36. The summed E-state index contributed by atoms with van der Waals surface area (Å²) in [6.45, 7) is 4.15. The van der Waals surface area contributed by atoms with Crippen LogP contribution in [0.1, 0.15) is 37.0 Å². The number of ketones is 1. The van der Waals surface area contributed by atoms with Crippen molar-refractivity contribution in [2.24, 2.45) is 0 Å². The maximum Gasteiger partial charge on any atom is 0.183 e. The third kappa shape index (κ3) is 2.22. The average Bonchev–Trinajstić information content (AvgIpc) is 2.48. The van der Waals surface area contributed by atoms with E-state index >= 15 is 0 Å². The Morgan fingerprint density at radius 1 is 1.20 bits per heavy atom. The molecule has 0 N–H and O–H groups in total. The van der Waals surface area contributed by atoms with E-state index in [2.05, 4.69) is 23.7 Å². The minimum atomic E-state index is -0.433. The van der Waals surface area contributed by atoms with Gasteiger partial charge in [-0.2, -0.15) is 0 Å². The number of carbonyl (C=O) groups excluding carboxylic acids is 1. The van der Waals surface area contributed by atoms with Crippen LogP contribution in [-0.2, 0) is 0 Å². The van der Waals surface area contributed by atoms with Crippen LogP contribution in [-0.4, -0.2) is 35.3 Å². The summed E-state index contributed by atoms with van der Waals surface area (Å²) in [6, 6.07) is 7.78. The first-order valence-electron chi connectivity index (χ1n) is 7.11. The molecular weight excluding hydrogens is 248 g/mol. The fourth-order valence-electron chi connectivity index (χ4n) is 2.98. The van der Waals surface area contributed by atoms with Gasteiger partial charge in [0.1, 0.15) is 0 Å². The van der Waals surface area contributed by atoms with Crippen molar-refractivity contribution in [3.8, 4) is 0 Å². The molecule has 2 rings (SSSR count). The largest absolute Gasteiger partial charge is 0.297 e. The lowest BCUT2D eigenvalue weighted by Gasteiger charge is -2.37. The van der Waals surface area contributed by atoms with Gasteiger partial charge in [-0.15, -0.1) is 0 Å². The molecule has 0 spiro atoms. The molecule has 0 fully saturated rings. The number of likely N-dealkylation sites (N-methyl/N-ethyl adjacent to an activating group) is 1. The molecule has 0 atom stereocenters. The van der Waals surface area contributed by atoms with Crippen LogP contribution in [0.4, 0.5) is 0 Å². The first kappa shape index (κ1) is 14.7. The van der Waals surface area contributed by atoms with Gasteiger partial charge in [0.15, 0.2) is 5.78 Å². The topological polar surface area (TPSA) is 33.2 Å². The predicted octanol–water partition coefficient (Wildman–Crippen LogP) is 3.54. The number of hydrogen-bond donors (Lipinski definition) is 0. The number of nitrogens with zero attached hydrogens (tertiary/aromatic N) is 2. The van der Waals surface area contributed by atoms with Gasteiger partial charge in [0.05, 0.1) is 5.54 Å². The molecule has 1 aromatic carbocycles. The first-order chi connectivity index (χ1) is 9.56. The van der Waals surface area contributed by atoms with Gasteiger partial charge >= 0.3 is 0 Å². The highest BCUT2D eigenvalue weighted by atomic mass is 16.1. The highest BCUT2D eigenvalue weighted by molar-refractivity contribution is 6.12. The molecule has 0 radical (unpaired) electrons. The monoisotopic (exact) mass is 270 g/mol. The van der Waals surface area contributed by atoms with Gasteiger partial charge in [0.25, 0.3) is 0 Å². The summed E-state index contributed by atoms with van der Waals surface area (Å²) < 4.78 is 0. The Morgan fingerprint density at radius 2 is 1.90 bits per heavy atom. The zero-order chi connectivity index (χ0) is 14.8. The van der Waals surface area contributed by atoms with Gasteiger partial charge in [0.2, 0.25) is 0 Å². The van der Waals surface area contributed by atoms with Crippen LogP contribution in [0.3, 0.4) is 0 Å². The van der Waals surface area contributed by atoms with E-state index in [4.69, 9.17) is 0 Å². The minimum Gasteiger partial charge on any atom is -0.297 e. The van der Waals surface area contributed by atoms with Crippen molar-refractivity contribution in [2.45, 2.75) is 32.2 Å². The summed E-state index contributed by atoms with van der Waals surface area (Å²) in [7, 11) is 3.97. The number of rotatable bonds is 5. The average molecular weight is 270 g/mol. The van der Waals surface area contributed by atoms with E-state index in [9.17, 15) is 4.79 Å². The number of hydrogen-bond acceptors (Lipinski definition) is 3. The number of fused-ring (bicyclic) bond motifs is 1. The molecule has 1 aromatic heterocycles. The third-order valence-electron chi connectivity index (χ3n) is 4.37. The van der Waals surface area contributed by atoms with E-state index in [1.165, 1.54) is 0 Å². The van der Waals surface area contributed by atoms with Gasteiger partial charge in [-0.25, -0.2) is 0 Å². The first-order valence-corrected chi connectivity index (χ1v) is 7.11. The van der Waals surface area contributed by atoms with Crippen LogP contribution in [0.15, 0.2) is 36.7 Å². The van der Waals surface area contributed by atoms with Crippen molar-refractivity contribution in [1.29, 1.82) is 0 Å². The van der Waals surface area contributed by atoms with Crippen LogP contribution in [0.2, 0.25) is 0 Å². The number of carbonyl (C=O) groups is 1. The van der Waals surface area contributed by atoms with Crippen LogP contribution in [0.5, 0.6) is 0 Å². The maximum atomic E-state index is 13.1. The summed E-state index contributed by atoms with van der Waals surface area (Å²) >= 11 is 0. The quantitative estimate of drug-likeness (QED) is 0.779. The van der Waals surface area contributed by atoms with E-state index in [-0.39, 0.29) is 5.78 Å². The number of aromatic nitrogens is 1. The Morgan fingerprint density at radius 3 is 2.50 bits per heavy atom. The van der Waals surface area contributed by atoms with Crippen LogP contribution < -0.4 is 0 Å². The molecule has 0 saturated heterocycles. The molecule has 3 nitrogen and oxygen atoms in total. The van der Waals surface area contributed by atoms with Crippen molar-refractivity contribution in [3.05, 3.63) is 42.2 Å². The summed E-state index contributed by atoms with van der Waals surface area (Å²) in [5.74, 6) is 0.198. The Balaban J connectivity index is 2.61. The van der Waals surface area contributed by atoms with Gasteiger partial charge in [-0.1, -0.05) is 32.0 Å². The zero-order valence-electron chi connectivity index (χ0n) is 12.7. The van der Waals surface area contributed by atoms with E-state index in [1.54, 1.807) is 12.4 Å². The smallest absolute Gasteiger partial charge is 0.183 e. The molecule has 106 valence electrons. The molecule has 0 saturated carbocycles. The zero-order valence-corrected chi connectivity index (χ0v) is 12.7. The van der Waals surface area contributed by atoms with Crippen molar-refractivity contribution in [2.75, 3.05) is 14.1 Å².